The summed E-state index contributed by atoms with van der Waals surface area (Å²) in [6.07, 6.45) is 0.256. The van der Waals surface area contributed by atoms with Gasteiger partial charge in [0.15, 0.2) is 0 Å². The molecule has 0 aliphatic heterocycles. The number of esters is 1. The van der Waals surface area contributed by atoms with Crippen molar-refractivity contribution in [1.29, 1.82) is 5.26 Å². The van der Waals surface area contributed by atoms with Gasteiger partial charge in [-0.1, -0.05) is 6.07 Å². The molecule has 0 saturated heterocycles. The normalized spacial score (nSPS) is 9.83. The van der Waals surface area contributed by atoms with Crippen molar-refractivity contribution >= 4 is 5.97 Å². The predicted octanol–water partition coefficient (Wildman–Crippen LogP) is 1.74. The minimum atomic E-state index is -0.419. The van der Waals surface area contributed by atoms with Gasteiger partial charge in [0.25, 0.3) is 0 Å². The third kappa shape index (κ3) is 4.52. The molecule has 0 saturated carbocycles. The number of hydrogen-bond donors (Lipinski definition) is 1. The molecule has 96 valence electrons. The number of halogens is 1. The van der Waals surface area contributed by atoms with Gasteiger partial charge >= 0.3 is 5.97 Å². The van der Waals surface area contributed by atoms with Crippen LogP contribution in [0.15, 0.2) is 18.2 Å². The second-order valence-corrected chi connectivity index (χ2v) is 3.65. The number of ether oxygens (including phenoxy) is 1. The monoisotopic (exact) mass is 250 g/mol. The lowest BCUT2D eigenvalue weighted by atomic mass is 10.1. The molecule has 0 bridgehead atoms. The summed E-state index contributed by atoms with van der Waals surface area (Å²) in [5, 5.41) is 11.5. The number of nitrogens with zero attached hydrogens (tertiary/aromatic N) is 1. The Morgan fingerprint density at radius 1 is 1.56 bits per heavy atom. The highest BCUT2D eigenvalue weighted by Gasteiger charge is 2.04. The van der Waals surface area contributed by atoms with Crippen LogP contribution >= 0.6 is 0 Å². The van der Waals surface area contributed by atoms with Gasteiger partial charge in [-0.05, 0) is 19.1 Å². The molecule has 0 aliphatic rings. The molecule has 0 amide bonds. The Bertz CT molecular complexity index is 455. The molecule has 0 unspecified atom stereocenters. The van der Waals surface area contributed by atoms with Crippen LogP contribution in [0.4, 0.5) is 4.39 Å². The molecule has 0 spiro atoms. The summed E-state index contributed by atoms with van der Waals surface area (Å²) in [5.41, 5.74) is 0.764. The zero-order valence-electron chi connectivity index (χ0n) is 10.2. The van der Waals surface area contributed by atoms with Crippen molar-refractivity contribution < 1.29 is 13.9 Å². The Morgan fingerprint density at radius 3 is 2.94 bits per heavy atom. The van der Waals surface area contributed by atoms with E-state index in [0.717, 1.165) is 0 Å². The smallest absolute Gasteiger partial charge is 0.307 e. The first kappa shape index (κ1) is 14.1. The largest absolute Gasteiger partial charge is 0.466 e. The van der Waals surface area contributed by atoms with Crippen molar-refractivity contribution in [3.05, 3.63) is 35.1 Å². The molecule has 1 aromatic carbocycles. The number of carbonyl (C=O) groups excluding carboxylic acids is 1. The van der Waals surface area contributed by atoms with Crippen LogP contribution in [0.25, 0.3) is 0 Å². The Kier molecular flexibility index (Phi) is 5.81. The molecule has 0 aromatic heterocycles. The average molecular weight is 250 g/mol. The Morgan fingerprint density at radius 2 is 2.33 bits per heavy atom. The van der Waals surface area contributed by atoms with Crippen LogP contribution in [0.5, 0.6) is 0 Å². The summed E-state index contributed by atoms with van der Waals surface area (Å²) >= 11 is 0. The highest BCUT2D eigenvalue weighted by Crippen LogP contribution is 2.09. The van der Waals surface area contributed by atoms with Crippen LogP contribution in [0.3, 0.4) is 0 Å². The van der Waals surface area contributed by atoms with Crippen LogP contribution in [0.2, 0.25) is 0 Å². The van der Waals surface area contributed by atoms with Gasteiger partial charge in [0.05, 0.1) is 24.7 Å². The van der Waals surface area contributed by atoms with Crippen LogP contribution in [0.1, 0.15) is 24.5 Å². The van der Waals surface area contributed by atoms with Crippen molar-refractivity contribution in [3.8, 4) is 6.07 Å². The summed E-state index contributed by atoms with van der Waals surface area (Å²) in [6, 6.07) is 6.19. The number of nitriles is 1. The highest BCUT2D eigenvalue weighted by molar-refractivity contribution is 5.69. The van der Waals surface area contributed by atoms with E-state index in [1.165, 1.54) is 6.07 Å². The van der Waals surface area contributed by atoms with Crippen LogP contribution in [-0.2, 0) is 16.1 Å². The molecule has 1 rings (SSSR count). The number of carbonyl (C=O) groups is 1. The second kappa shape index (κ2) is 7.41. The van der Waals surface area contributed by atoms with Crippen LogP contribution in [-0.4, -0.2) is 19.1 Å². The standard InChI is InChI=1S/C13H15FN2O2/c1-2-18-13(17)5-6-16-9-11-4-3-10(8-15)7-12(11)14/h3-4,7,16H,2,5-6,9H2,1H3. The molecule has 0 fully saturated rings. The van der Waals surface area contributed by atoms with Gasteiger partial charge in [0, 0.05) is 18.7 Å². The van der Waals surface area contributed by atoms with Crippen molar-refractivity contribution in [3.63, 3.8) is 0 Å². The zero-order valence-corrected chi connectivity index (χ0v) is 10.2. The SMILES string of the molecule is CCOC(=O)CCNCc1ccc(C#N)cc1F. The Balaban J connectivity index is 2.36. The molecular formula is C13H15FN2O2. The third-order valence-corrected chi connectivity index (χ3v) is 2.31. The third-order valence-electron chi connectivity index (χ3n) is 2.31. The van der Waals surface area contributed by atoms with Crippen molar-refractivity contribution in [2.24, 2.45) is 0 Å². The van der Waals surface area contributed by atoms with Crippen LogP contribution in [0, 0.1) is 17.1 Å². The van der Waals surface area contributed by atoms with E-state index in [2.05, 4.69) is 5.32 Å². The van der Waals surface area contributed by atoms with E-state index in [1.807, 2.05) is 6.07 Å². The van der Waals surface area contributed by atoms with Gasteiger partial charge in [-0.2, -0.15) is 5.26 Å². The molecule has 18 heavy (non-hydrogen) atoms. The molecule has 0 aliphatic carbocycles. The fourth-order valence-electron chi connectivity index (χ4n) is 1.41. The quantitative estimate of drug-likeness (QED) is 0.617. The molecule has 4 nitrogen and oxygen atoms in total. The predicted molar refractivity (Wildman–Crippen MR) is 64.1 cm³/mol. The zero-order chi connectivity index (χ0) is 13.4. The van der Waals surface area contributed by atoms with E-state index >= 15 is 0 Å². The topological polar surface area (TPSA) is 62.1 Å². The first-order chi connectivity index (χ1) is 8.67. The molecule has 0 radical (unpaired) electrons. The van der Waals surface area contributed by atoms with E-state index in [1.54, 1.807) is 19.1 Å². The summed E-state index contributed by atoms with van der Waals surface area (Å²) < 4.78 is 18.2. The lowest BCUT2D eigenvalue weighted by Crippen LogP contribution is -2.19. The maximum absolute atomic E-state index is 13.5. The van der Waals surface area contributed by atoms with Gasteiger partial charge in [0.1, 0.15) is 5.82 Å². The minimum absolute atomic E-state index is 0.256. The molecule has 5 heteroatoms. The fourth-order valence-corrected chi connectivity index (χ4v) is 1.41. The lowest BCUT2D eigenvalue weighted by molar-refractivity contribution is -0.142. The maximum Gasteiger partial charge on any atom is 0.307 e. The molecule has 0 atom stereocenters. The second-order valence-electron chi connectivity index (χ2n) is 3.65. The lowest BCUT2D eigenvalue weighted by Gasteiger charge is -2.06. The Labute approximate surface area is 105 Å². The number of hydrogen-bond acceptors (Lipinski definition) is 4. The average Bonchev–Trinajstić information content (AvgIpc) is 2.36. The van der Waals surface area contributed by atoms with Crippen molar-refractivity contribution in [2.75, 3.05) is 13.2 Å². The van der Waals surface area contributed by atoms with E-state index in [9.17, 15) is 9.18 Å². The first-order valence-corrected chi connectivity index (χ1v) is 5.72. The number of rotatable bonds is 6. The van der Waals surface area contributed by atoms with Gasteiger partial charge in [-0.25, -0.2) is 4.39 Å². The fraction of sp³-hybridized carbons (Fsp3) is 0.385. The molecule has 1 N–H and O–H groups in total. The van der Waals surface area contributed by atoms with Gasteiger partial charge in [0.2, 0.25) is 0 Å². The van der Waals surface area contributed by atoms with E-state index in [0.29, 0.717) is 30.8 Å². The summed E-state index contributed by atoms with van der Waals surface area (Å²) in [4.78, 5) is 11.0. The van der Waals surface area contributed by atoms with Crippen molar-refractivity contribution in [1.82, 2.24) is 5.32 Å². The highest BCUT2D eigenvalue weighted by atomic mass is 19.1. The summed E-state index contributed by atoms with van der Waals surface area (Å²) in [5.74, 6) is -0.692. The van der Waals surface area contributed by atoms with E-state index < -0.39 is 5.82 Å². The molecular weight excluding hydrogens is 235 g/mol. The van der Waals surface area contributed by atoms with Crippen molar-refractivity contribution in [2.45, 2.75) is 19.9 Å². The number of benzene rings is 1. The summed E-state index contributed by atoms with van der Waals surface area (Å²) in [7, 11) is 0. The molecule has 0 heterocycles. The van der Waals surface area contributed by atoms with Gasteiger partial charge in [-0.15, -0.1) is 0 Å². The Hall–Kier alpha value is -1.93. The van der Waals surface area contributed by atoms with Gasteiger partial charge in [-0.3, -0.25) is 4.79 Å². The minimum Gasteiger partial charge on any atom is -0.466 e. The maximum atomic E-state index is 13.5. The number of nitrogens with one attached hydrogen (secondary N) is 1. The van der Waals surface area contributed by atoms with E-state index in [4.69, 9.17) is 10.00 Å². The molecule has 1 aromatic rings. The van der Waals surface area contributed by atoms with E-state index in [-0.39, 0.29) is 12.4 Å². The summed E-state index contributed by atoms with van der Waals surface area (Å²) in [6.45, 7) is 2.86. The van der Waals surface area contributed by atoms with Gasteiger partial charge < -0.3 is 10.1 Å². The first-order valence-electron chi connectivity index (χ1n) is 5.72. The van der Waals surface area contributed by atoms with Crippen LogP contribution < -0.4 is 5.32 Å².